The predicted molar refractivity (Wildman–Crippen MR) is 74.0 cm³/mol. The Morgan fingerprint density at radius 3 is 2.88 bits per heavy atom. The zero-order valence-corrected chi connectivity index (χ0v) is 11.6. The lowest BCUT2D eigenvalue weighted by molar-refractivity contribution is 0.887. The first-order valence-electron chi connectivity index (χ1n) is 5.65. The normalized spacial score (nSPS) is 10.5. The van der Waals surface area contributed by atoms with Crippen LogP contribution in [0.15, 0.2) is 32.8 Å². The van der Waals surface area contributed by atoms with E-state index in [9.17, 15) is 0 Å². The highest BCUT2D eigenvalue weighted by molar-refractivity contribution is 8.01. The number of rotatable bonds is 5. The van der Waals surface area contributed by atoms with Crippen LogP contribution in [0.3, 0.4) is 0 Å². The Hall–Kier alpha value is -1.07. The van der Waals surface area contributed by atoms with Gasteiger partial charge in [-0.05, 0) is 18.4 Å². The standard InChI is InChI=1S/C12H15N3S2/c1-3-9-14-10(13-4-2)8-11(15-9)17-12-6-5-7-16-12/h5-8H,3-4H2,1-2H3,(H,13,14,15). The van der Waals surface area contributed by atoms with Crippen molar-refractivity contribution in [3.63, 3.8) is 0 Å². The van der Waals surface area contributed by atoms with Crippen molar-refractivity contribution >= 4 is 28.9 Å². The van der Waals surface area contributed by atoms with E-state index in [4.69, 9.17) is 0 Å². The van der Waals surface area contributed by atoms with Crippen molar-refractivity contribution in [1.82, 2.24) is 9.97 Å². The summed E-state index contributed by atoms with van der Waals surface area (Å²) < 4.78 is 1.26. The number of thiophene rings is 1. The SMILES string of the molecule is CCNc1cc(Sc2cccs2)nc(CC)n1. The number of aromatic nitrogens is 2. The second-order valence-corrected chi connectivity index (χ2v) is 5.69. The molecule has 2 rings (SSSR count). The summed E-state index contributed by atoms with van der Waals surface area (Å²) in [7, 11) is 0. The Kier molecular flexibility index (Phi) is 4.39. The van der Waals surface area contributed by atoms with Crippen LogP contribution in [0.4, 0.5) is 5.82 Å². The lowest BCUT2D eigenvalue weighted by Gasteiger charge is -2.06. The third kappa shape index (κ3) is 3.44. The van der Waals surface area contributed by atoms with Crippen molar-refractivity contribution < 1.29 is 0 Å². The fourth-order valence-corrected chi connectivity index (χ4v) is 3.12. The Balaban J connectivity index is 2.23. The first-order valence-corrected chi connectivity index (χ1v) is 7.34. The molecule has 5 heteroatoms. The molecule has 0 atom stereocenters. The molecule has 0 unspecified atom stereocenters. The zero-order chi connectivity index (χ0) is 12.1. The largest absolute Gasteiger partial charge is 0.370 e. The Morgan fingerprint density at radius 1 is 1.35 bits per heavy atom. The lowest BCUT2D eigenvalue weighted by Crippen LogP contribution is -2.03. The number of anilines is 1. The van der Waals surface area contributed by atoms with E-state index in [1.54, 1.807) is 23.1 Å². The summed E-state index contributed by atoms with van der Waals surface area (Å²) in [4.78, 5) is 8.97. The summed E-state index contributed by atoms with van der Waals surface area (Å²) in [5, 5.41) is 6.33. The quantitative estimate of drug-likeness (QED) is 0.837. The van der Waals surface area contributed by atoms with Gasteiger partial charge in [0.05, 0.1) is 4.21 Å². The maximum Gasteiger partial charge on any atom is 0.131 e. The van der Waals surface area contributed by atoms with Gasteiger partial charge in [-0.15, -0.1) is 11.3 Å². The van der Waals surface area contributed by atoms with E-state index < -0.39 is 0 Å². The molecule has 0 aliphatic carbocycles. The Labute approximate surface area is 110 Å². The van der Waals surface area contributed by atoms with Crippen LogP contribution >= 0.6 is 23.1 Å². The van der Waals surface area contributed by atoms with Crippen molar-refractivity contribution in [2.24, 2.45) is 0 Å². The van der Waals surface area contributed by atoms with Crippen LogP contribution in [-0.2, 0) is 6.42 Å². The highest BCUT2D eigenvalue weighted by Crippen LogP contribution is 2.30. The maximum atomic E-state index is 4.53. The van der Waals surface area contributed by atoms with Crippen LogP contribution in [0.25, 0.3) is 0 Å². The highest BCUT2D eigenvalue weighted by atomic mass is 32.2. The van der Waals surface area contributed by atoms with Crippen molar-refractivity contribution in [2.75, 3.05) is 11.9 Å². The molecule has 2 aromatic heterocycles. The van der Waals surface area contributed by atoms with Gasteiger partial charge >= 0.3 is 0 Å². The minimum atomic E-state index is 0.858. The van der Waals surface area contributed by atoms with E-state index in [-0.39, 0.29) is 0 Å². The van der Waals surface area contributed by atoms with Crippen molar-refractivity contribution in [2.45, 2.75) is 29.5 Å². The van der Waals surface area contributed by atoms with Crippen LogP contribution in [0.5, 0.6) is 0 Å². The third-order valence-electron chi connectivity index (χ3n) is 2.12. The molecule has 0 spiro atoms. The zero-order valence-electron chi connectivity index (χ0n) is 9.93. The molecular formula is C12H15N3S2. The molecule has 0 fully saturated rings. The first-order chi connectivity index (χ1) is 8.31. The summed E-state index contributed by atoms with van der Waals surface area (Å²) >= 11 is 3.42. The number of hydrogen-bond acceptors (Lipinski definition) is 5. The molecule has 0 aliphatic rings. The van der Waals surface area contributed by atoms with Crippen LogP contribution in [-0.4, -0.2) is 16.5 Å². The molecule has 0 amide bonds. The van der Waals surface area contributed by atoms with E-state index >= 15 is 0 Å². The summed E-state index contributed by atoms with van der Waals surface area (Å²) in [6, 6.07) is 6.17. The minimum Gasteiger partial charge on any atom is -0.370 e. The smallest absolute Gasteiger partial charge is 0.131 e. The molecule has 2 aromatic rings. The second kappa shape index (κ2) is 6.02. The van der Waals surface area contributed by atoms with Gasteiger partial charge in [0.25, 0.3) is 0 Å². The number of nitrogens with zero attached hydrogens (tertiary/aromatic N) is 2. The molecular weight excluding hydrogens is 250 g/mol. The van der Waals surface area contributed by atoms with Crippen LogP contribution in [0.1, 0.15) is 19.7 Å². The highest BCUT2D eigenvalue weighted by Gasteiger charge is 2.05. The second-order valence-electron chi connectivity index (χ2n) is 3.43. The molecule has 0 aromatic carbocycles. The predicted octanol–water partition coefficient (Wildman–Crippen LogP) is 3.68. The number of hydrogen-bond donors (Lipinski definition) is 1. The fourth-order valence-electron chi connectivity index (χ4n) is 1.38. The molecule has 3 nitrogen and oxygen atoms in total. The van der Waals surface area contributed by atoms with Gasteiger partial charge in [-0.1, -0.05) is 24.8 Å². The average Bonchev–Trinajstić information content (AvgIpc) is 2.82. The average molecular weight is 265 g/mol. The molecule has 0 saturated carbocycles. The summed E-state index contributed by atoms with van der Waals surface area (Å²) in [5.74, 6) is 1.81. The molecule has 90 valence electrons. The van der Waals surface area contributed by atoms with Crippen LogP contribution in [0.2, 0.25) is 0 Å². The van der Waals surface area contributed by atoms with Gasteiger partial charge in [0.15, 0.2) is 0 Å². The van der Waals surface area contributed by atoms with Crippen molar-refractivity contribution in [1.29, 1.82) is 0 Å². The molecule has 1 N–H and O–H groups in total. The fraction of sp³-hybridized carbons (Fsp3) is 0.333. The van der Waals surface area contributed by atoms with Gasteiger partial charge in [0.1, 0.15) is 16.7 Å². The topological polar surface area (TPSA) is 37.8 Å². The lowest BCUT2D eigenvalue weighted by atomic mass is 10.4. The number of aryl methyl sites for hydroxylation is 1. The molecule has 0 radical (unpaired) electrons. The summed E-state index contributed by atoms with van der Waals surface area (Å²) in [6.45, 7) is 5.02. The van der Waals surface area contributed by atoms with Gasteiger partial charge in [0, 0.05) is 19.0 Å². The van der Waals surface area contributed by atoms with E-state index in [1.165, 1.54) is 4.21 Å². The van der Waals surface area contributed by atoms with Gasteiger partial charge in [-0.25, -0.2) is 9.97 Å². The van der Waals surface area contributed by atoms with Gasteiger partial charge < -0.3 is 5.32 Å². The van der Waals surface area contributed by atoms with E-state index in [1.807, 2.05) is 6.07 Å². The monoisotopic (exact) mass is 265 g/mol. The molecule has 0 saturated heterocycles. The molecule has 0 bridgehead atoms. The number of nitrogens with one attached hydrogen (secondary N) is 1. The Morgan fingerprint density at radius 2 is 2.24 bits per heavy atom. The van der Waals surface area contributed by atoms with Gasteiger partial charge in [-0.3, -0.25) is 0 Å². The Bertz CT molecular complexity index is 469. The molecule has 2 heterocycles. The molecule has 0 aliphatic heterocycles. The van der Waals surface area contributed by atoms with Crippen molar-refractivity contribution in [3.05, 3.63) is 29.4 Å². The maximum absolute atomic E-state index is 4.53. The van der Waals surface area contributed by atoms with E-state index in [0.29, 0.717) is 0 Å². The van der Waals surface area contributed by atoms with Crippen LogP contribution in [0, 0.1) is 0 Å². The minimum absolute atomic E-state index is 0.858. The van der Waals surface area contributed by atoms with E-state index in [2.05, 4.69) is 46.6 Å². The van der Waals surface area contributed by atoms with Gasteiger partial charge in [-0.2, -0.15) is 0 Å². The van der Waals surface area contributed by atoms with Gasteiger partial charge in [0.2, 0.25) is 0 Å². The van der Waals surface area contributed by atoms with E-state index in [0.717, 1.165) is 29.6 Å². The summed E-state index contributed by atoms with van der Waals surface area (Å²) in [6.07, 6.45) is 0.858. The summed E-state index contributed by atoms with van der Waals surface area (Å²) in [5.41, 5.74) is 0. The molecule has 17 heavy (non-hydrogen) atoms. The first kappa shape index (κ1) is 12.4. The van der Waals surface area contributed by atoms with Crippen LogP contribution < -0.4 is 5.32 Å². The van der Waals surface area contributed by atoms with Crippen molar-refractivity contribution in [3.8, 4) is 0 Å². The third-order valence-corrected chi connectivity index (χ3v) is 4.08.